The van der Waals surface area contributed by atoms with E-state index in [-0.39, 0.29) is 10.6 Å². The van der Waals surface area contributed by atoms with E-state index in [4.69, 9.17) is 0 Å². The van der Waals surface area contributed by atoms with E-state index in [1.54, 1.807) is 19.1 Å². The van der Waals surface area contributed by atoms with Gasteiger partial charge in [0.1, 0.15) is 4.90 Å². The van der Waals surface area contributed by atoms with Crippen molar-refractivity contribution in [2.75, 3.05) is 0 Å². The Labute approximate surface area is 127 Å². The summed E-state index contributed by atoms with van der Waals surface area (Å²) in [5.74, 6) is 0. The highest BCUT2D eigenvalue weighted by Gasteiger charge is 2.16. The number of hydrogen-bond acceptors (Lipinski definition) is 5. The number of aromatic nitrogens is 5. The first kappa shape index (κ1) is 14.1. The largest absolute Gasteiger partial charge is 0.342 e. The second-order valence-electron chi connectivity index (χ2n) is 4.46. The molecule has 0 unspecified atom stereocenters. The summed E-state index contributed by atoms with van der Waals surface area (Å²) in [6, 6.07) is 9.06. The van der Waals surface area contributed by atoms with Gasteiger partial charge in [-0.2, -0.15) is 5.10 Å². The molecule has 9 heteroatoms. The fraction of sp³-hybridized carbons (Fsp3) is 0.0769. The van der Waals surface area contributed by atoms with E-state index >= 15 is 0 Å². The summed E-state index contributed by atoms with van der Waals surface area (Å²) in [7, 11) is 0. The normalized spacial score (nSPS) is 10.8. The van der Waals surface area contributed by atoms with Gasteiger partial charge in [0.05, 0.1) is 5.69 Å². The molecule has 0 radical (unpaired) electrons. The SMILES string of the molecule is Cc1[nH]n(-c2ccccc2)c(=O)c1Sc1n[nH]c(=O)[nH]c1=O. The van der Waals surface area contributed by atoms with Crippen LogP contribution in [0.4, 0.5) is 0 Å². The minimum absolute atomic E-state index is 0.000915. The Morgan fingerprint density at radius 2 is 1.86 bits per heavy atom. The van der Waals surface area contributed by atoms with Crippen LogP contribution in [0.1, 0.15) is 5.69 Å². The lowest BCUT2D eigenvalue weighted by Crippen LogP contribution is -2.25. The van der Waals surface area contributed by atoms with Gasteiger partial charge in [-0.05, 0) is 19.1 Å². The van der Waals surface area contributed by atoms with E-state index < -0.39 is 11.2 Å². The molecule has 1 aromatic carbocycles. The molecule has 0 fully saturated rings. The highest BCUT2D eigenvalue weighted by molar-refractivity contribution is 7.99. The van der Waals surface area contributed by atoms with Crippen LogP contribution in [0.5, 0.6) is 0 Å². The molecule has 3 aromatic rings. The van der Waals surface area contributed by atoms with Gasteiger partial charge in [0.15, 0.2) is 5.03 Å². The van der Waals surface area contributed by atoms with Crippen molar-refractivity contribution in [2.45, 2.75) is 16.8 Å². The predicted octanol–water partition coefficient (Wildman–Crippen LogP) is 0.397. The topological polar surface area (TPSA) is 116 Å². The number of H-pyrrole nitrogens is 3. The van der Waals surface area contributed by atoms with Gasteiger partial charge in [0, 0.05) is 5.69 Å². The molecule has 0 amide bonds. The molecule has 0 bridgehead atoms. The quantitative estimate of drug-likeness (QED) is 0.646. The molecule has 8 nitrogen and oxygen atoms in total. The second-order valence-corrected chi connectivity index (χ2v) is 5.46. The molecule has 112 valence electrons. The van der Waals surface area contributed by atoms with Crippen LogP contribution in [0.3, 0.4) is 0 Å². The number of aromatic amines is 3. The van der Waals surface area contributed by atoms with E-state index in [1.807, 2.05) is 18.2 Å². The Kier molecular flexibility index (Phi) is 3.55. The summed E-state index contributed by atoms with van der Waals surface area (Å²) in [5, 5.41) is 8.75. The number of para-hydroxylation sites is 1. The number of nitrogens with zero attached hydrogens (tertiary/aromatic N) is 2. The molecule has 0 saturated carbocycles. The van der Waals surface area contributed by atoms with Crippen LogP contribution >= 0.6 is 11.8 Å². The van der Waals surface area contributed by atoms with Crippen LogP contribution in [0.2, 0.25) is 0 Å². The molecule has 0 atom stereocenters. The summed E-state index contributed by atoms with van der Waals surface area (Å²) in [6.45, 7) is 1.73. The average Bonchev–Trinajstić information content (AvgIpc) is 2.79. The van der Waals surface area contributed by atoms with E-state index in [9.17, 15) is 14.4 Å². The highest BCUT2D eigenvalue weighted by Crippen LogP contribution is 2.22. The van der Waals surface area contributed by atoms with Crippen molar-refractivity contribution in [1.82, 2.24) is 25.0 Å². The maximum atomic E-state index is 12.5. The molecule has 3 N–H and O–H groups in total. The number of aryl methyl sites for hydroxylation is 1. The van der Waals surface area contributed by atoms with Crippen molar-refractivity contribution >= 4 is 11.8 Å². The fourth-order valence-corrected chi connectivity index (χ4v) is 2.72. The Morgan fingerprint density at radius 3 is 2.55 bits per heavy atom. The number of rotatable bonds is 3. The fourth-order valence-electron chi connectivity index (χ4n) is 1.91. The first-order valence-corrected chi connectivity index (χ1v) is 7.12. The van der Waals surface area contributed by atoms with E-state index in [1.165, 1.54) is 4.68 Å². The summed E-state index contributed by atoms with van der Waals surface area (Å²) >= 11 is 0.902. The first-order valence-electron chi connectivity index (χ1n) is 6.30. The zero-order valence-corrected chi connectivity index (χ0v) is 12.2. The summed E-state index contributed by atoms with van der Waals surface area (Å²) in [6.07, 6.45) is 0. The van der Waals surface area contributed by atoms with Crippen LogP contribution in [0, 0.1) is 6.92 Å². The van der Waals surface area contributed by atoms with Gasteiger partial charge in [-0.3, -0.25) is 19.7 Å². The van der Waals surface area contributed by atoms with Crippen molar-refractivity contribution in [1.29, 1.82) is 0 Å². The highest BCUT2D eigenvalue weighted by atomic mass is 32.2. The van der Waals surface area contributed by atoms with Crippen LogP contribution in [0.25, 0.3) is 5.69 Å². The minimum Gasteiger partial charge on any atom is -0.294 e. The zero-order chi connectivity index (χ0) is 15.7. The molecule has 22 heavy (non-hydrogen) atoms. The van der Waals surface area contributed by atoms with Crippen molar-refractivity contribution < 1.29 is 0 Å². The van der Waals surface area contributed by atoms with Gasteiger partial charge in [0.2, 0.25) is 0 Å². The Bertz CT molecular complexity index is 983. The third-order valence-corrected chi connectivity index (χ3v) is 4.07. The summed E-state index contributed by atoms with van der Waals surface area (Å²) in [5.41, 5.74) is -0.333. The molecule has 0 aliphatic rings. The Hall–Kier alpha value is -2.81. The molecule has 0 spiro atoms. The first-order chi connectivity index (χ1) is 10.6. The van der Waals surface area contributed by atoms with Gasteiger partial charge in [-0.15, -0.1) is 0 Å². The summed E-state index contributed by atoms with van der Waals surface area (Å²) in [4.78, 5) is 37.5. The summed E-state index contributed by atoms with van der Waals surface area (Å²) < 4.78 is 1.39. The second kappa shape index (κ2) is 5.53. The number of hydrogen-bond donors (Lipinski definition) is 3. The van der Waals surface area contributed by atoms with E-state index in [2.05, 4.69) is 20.3 Å². The van der Waals surface area contributed by atoms with E-state index in [0.717, 1.165) is 11.8 Å². The van der Waals surface area contributed by atoms with Crippen LogP contribution in [0.15, 0.2) is 54.6 Å². The maximum absolute atomic E-state index is 12.5. The third kappa shape index (κ3) is 2.53. The maximum Gasteiger partial charge on any atom is 0.342 e. The van der Waals surface area contributed by atoms with Gasteiger partial charge in [0.25, 0.3) is 11.1 Å². The Morgan fingerprint density at radius 1 is 1.14 bits per heavy atom. The molecule has 3 rings (SSSR count). The lowest BCUT2D eigenvalue weighted by atomic mass is 10.3. The zero-order valence-electron chi connectivity index (χ0n) is 11.4. The third-order valence-electron chi connectivity index (χ3n) is 2.91. The van der Waals surface area contributed by atoms with E-state index in [0.29, 0.717) is 16.3 Å². The van der Waals surface area contributed by atoms with Crippen molar-refractivity contribution in [3.63, 3.8) is 0 Å². The molecule has 0 aliphatic carbocycles. The molecular formula is C13H11N5O3S. The average molecular weight is 317 g/mol. The Balaban J connectivity index is 2.06. The molecule has 2 aromatic heterocycles. The number of benzene rings is 1. The van der Waals surface area contributed by atoms with Crippen LogP contribution in [-0.4, -0.2) is 25.0 Å². The lowest BCUT2D eigenvalue weighted by molar-refractivity contribution is 0.806. The van der Waals surface area contributed by atoms with Gasteiger partial charge < -0.3 is 0 Å². The van der Waals surface area contributed by atoms with Gasteiger partial charge in [-0.25, -0.2) is 14.6 Å². The minimum atomic E-state index is -0.693. The monoisotopic (exact) mass is 317 g/mol. The van der Waals surface area contributed by atoms with Crippen molar-refractivity contribution in [3.05, 3.63) is 67.2 Å². The van der Waals surface area contributed by atoms with Crippen molar-refractivity contribution in [2.24, 2.45) is 0 Å². The standard InChI is InChI=1S/C13H11N5O3S/c1-7-9(22-11-10(19)14-13(21)16-15-11)12(20)18(17-7)8-5-3-2-4-6-8/h2-6,17H,1H3,(H2,14,16,19,21). The molecule has 2 heterocycles. The molecular weight excluding hydrogens is 306 g/mol. The lowest BCUT2D eigenvalue weighted by Gasteiger charge is -1.99. The predicted molar refractivity (Wildman–Crippen MR) is 80.7 cm³/mol. The van der Waals surface area contributed by atoms with Gasteiger partial charge >= 0.3 is 5.69 Å². The van der Waals surface area contributed by atoms with Crippen LogP contribution < -0.4 is 16.8 Å². The van der Waals surface area contributed by atoms with Gasteiger partial charge in [-0.1, -0.05) is 30.0 Å². The smallest absolute Gasteiger partial charge is 0.294 e. The van der Waals surface area contributed by atoms with Crippen molar-refractivity contribution in [3.8, 4) is 5.69 Å². The molecule has 0 aliphatic heterocycles. The van der Waals surface area contributed by atoms with Crippen LogP contribution in [-0.2, 0) is 0 Å². The molecule has 0 saturated heterocycles. The number of nitrogens with one attached hydrogen (secondary N) is 3.